The lowest BCUT2D eigenvalue weighted by Gasteiger charge is -2.20. The first-order valence-electron chi connectivity index (χ1n) is 10.3. The molecular formula is C21H25F4N4OPS2. The Bertz CT molecular complexity index is 1160. The largest absolute Gasteiger partial charge is 0.417 e. The molecule has 5 nitrogen and oxygen atoms in total. The van der Waals surface area contributed by atoms with Crippen LogP contribution in [0.15, 0.2) is 28.3 Å². The number of alkyl halides is 4. The summed E-state index contributed by atoms with van der Waals surface area (Å²) in [4.78, 5) is 16.2. The van der Waals surface area contributed by atoms with Crippen LogP contribution in [0.25, 0.3) is 16.2 Å². The Morgan fingerprint density at radius 1 is 1.21 bits per heavy atom. The highest BCUT2D eigenvalue weighted by Crippen LogP contribution is 2.41. The lowest BCUT2D eigenvalue weighted by atomic mass is 10.1. The van der Waals surface area contributed by atoms with Crippen molar-refractivity contribution in [1.82, 2.24) is 14.6 Å². The van der Waals surface area contributed by atoms with Gasteiger partial charge in [-0.2, -0.15) is 18.3 Å². The number of hydrogen-bond acceptors (Lipinski definition) is 6. The quantitative estimate of drug-likeness (QED) is 0.126. The molecule has 3 rings (SSSR count). The van der Waals surface area contributed by atoms with Crippen molar-refractivity contribution in [1.29, 1.82) is 0 Å². The summed E-state index contributed by atoms with van der Waals surface area (Å²) < 4.78 is 57.0. The number of aromatic nitrogens is 3. The van der Waals surface area contributed by atoms with Crippen molar-refractivity contribution in [3.05, 3.63) is 39.4 Å². The number of nitrogens with zero attached hydrogens (tertiary/aromatic N) is 4. The number of rotatable bonds is 9. The van der Waals surface area contributed by atoms with Gasteiger partial charge in [0.2, 0.25) is 4.96 Å². The van der Waals surface area contributed by atoms with E-state index in [-0.39, 0.29) is 17.1 Å². The molecule has 2 heterocycles. The van der Waals surface area contributed by atoms with E-state index in [0.29, 0.717) is 39.8 Å². The summed E-state index contributed by atoms with van der Waals surface area (Å²) in [6, 6.07) is 3.88. The Kier molecular flexibility index (Phi) is 7.56. The van der Waals surface area contributed by atoms with Crippen molar-refractivity contribution in [2.45, 2.75) is 69.0 Å². The number of benzene rings is 1. The molecule has 1 aromatic carbocycles. The fourth-order valence-corrected chi connectivity index (χ4v) is 6.20. The fourth-order valence-electron chi connectivity index (χ4n) is 3.36. The Labute approximate surface area is 199 Å². The van der Waals surface area contributed by atoms with Gasteiger partial charge < -0.3 is 0 Å². The first kappa shape index (κ1) is 26.0. The zero-order chi connectivity index (χ0) is 24.6. The van der Waals surface area contributed by atoms with Crippen LogP contribution in [0.3, 0.4) is 0 Å². The first-order chi connectivity index (χ1) is 15.3. The maximum atomic E-state index is 14.5. The average molecular weight is 521 g/mol. The molecule has 0 aliphatic heterocycles. The minimum Gasteiger partial charge on any atom is -0.239 e. The van der Waals surface area contributed by atoms with E-state index < -0.39 is 22.7 Å². The molecule has 33 heavy (non-hydrogen) atoms. The highest BCUT2D eigenvalue weighted by molar-refractivity contribution is 7.99. The van der Waals surface area contributed by atoms with Gasteiger partial charge in [0.05, 0.1) is 17.0 Å². The lowest BCUT2D eigenvalue weighted by molar-refractivity contribution is -0.139. The summed E-state index contributed by atoms with van der Waals surface area (Å²) in [5.41, 5.74) is -0.156. The van der Waals surface area contributed by atoms with Crippen LogP contribution in [0.4, 0.5) is 17.6 Å². The summed E-state index contributed by atoms with van der Waals surface area (Å²) >= 11 is 2.19. The maximum absolute atomic E-state index is 14.5. The molecular weight excluding hydrogens is 495 g/mol. The van der Waals surface area contributed by atoms with E-state index in [1.54, 1.807) is 20.8 Å². The Morgan fingerprint density at radius 3 is 2.52 bits per heavy atom. The minimum atomic E-state index is -4.53. The van der Waals surface area contributed by atoms with Gasteiger partial charge in [-0.15, -0.1) is 16.7 Å². The molecule has 0 aliphatic carbocycles. The van der Waals surface area contributed by atoms with Crippen molar-refractivity contribution in [2.24, 2.45) is 5.18 Å². The van der Waals surface area contributed by atoms with Gasteiger partial charge in [0.15, 0.2) is 5.54 Å². The van der Waals surface area contributed by atoms with E-state index in [0.717, 1.165) is 17.8 Å². The molecule has 12 heteroatoms. The number of fused-ring (bicyclic) bond motifs is 1. The molecule has 0 saturated heterocycles. The van der Waals surface area contributed by atoms with Crippen molar-refractivity contribution in [2.75, 3.05) is 5.75 Å². The van der Waals surface area contributed by atoms with Crippen molar-refractivity contribution in [3.8, 4) is 11.3 Å². The van der Waals surface area contributed by atoms with E-state index in [4.69, 9.17) is 0 Å². The zero-order valence-electron chi connectivity index (χ0n) is 18.7. The van der Waals surface area contributed by atoms with E-state index in [9.17, 15) is 22.5 Å². The lowest BCUT2D eigenvalue weighted by Crippen LogP contribution is -2.14. The van der Waals surface area contributed by atoms with Crippen LogP contribution in [0.1, 0.15) is 56.3 Å². The molecule has 0 fully saturated rings. The van der Waals surface area contributed by atoms with Crippen LogP contribution >= 0.6 is 32.3 Å². The molecule has 0 amide bonds. The summed E-state index contributed by atoms with van der Waals surface area (Å²) in [6.07, 6.45) is -3.43. The Morgan fingerprint density at radius 2 is 1.91 bits per heavy atom. The number of imidazole rings is 1. The zero-order valence-corrected chi connectivity index (χ0v) is 21.5. The molecule has 2 atom stereocenters. The highest BCUT2D eigenvalue weighted by Gasteiger charge is 2.34. The minimum absolute atomic E-state index is 0.0250. The summed E-state index contributed by atoms with van der Waals surface area (Å²) in [5, 5.41) is 6.53. The van der Waals surface area contributed by atoms with E-state index >= 15 is 0 Å². The highest BCUT2D eigenvalue weighted by atomic mass is 32.2. The van der Waals surface area contributed by atoms with Gasteiger partial charge in [-0.25, -0.2) is 13.9 Å². The van der Waals surface area contributed by atoms with Crippen molar-refractivity contribution in [3.63, 3.8) is 0 Å². The van der Waals surface area contributed by atoms with Crippen molar-refractivity contribution >= 4 is 37.3 Å². The van der Waals surface area contributed by atoms with Crippen LogP contribution in [0, 0.1) is 11.8 Å². The number of nitroso groups, excluding NO2 is 1. The standard InChI is InChI=1S/C21H25F4N4OPS2/c1-5-8-20(22,31)9-10-32-15-11-13(6-7-14(15)21(23,24)25)16-12(2)26-18-29(16)27-17(33-18)19(3,4)28-30/h6-7,11H,5,8-10,31H2,1-4H3. The van der Waals surface area contributed by atoms with Gasteiger partial charge >= 0.3 is 6.18 Å². The van der Waals surface area contributed by atoms with Crippen LogP contribution in [0.2, 0.25) is 0 Å². The predicted molar refractivity (Wildman–Crippen MR) is 129 cm³/mol. The number of aryl methyl sites for hydroxylation is 1. The second kappa shape index (κ2) is 9.58. The van der Waals surface area contributed by atoms with Gasteiger partial charge in [-0.3, -0.25) is 0 Å². The van der Waals surface area contributed by atoms with Gasteiger partial charge in [0, 0.05) is 16.2 Å². The summed E-state index contributed by atoms with van der Waals surface area (Å²) in [5.74, 6) is 0.202. The Balaban J connectivity index is 2.02. The monoisotopic (exact) mass is 520 g/mol. The summed E-state index contributed by atoms with van der Waals surface area (Å²) in [6.45, 7) is 6.88. The van der Waals surface area contributed by atoms with Crippen LogP contribution < -0.4 is 0 Å². The second-order valence-electron chi connectivity index (χ2n) is 8.39. The molecule has 0 bridgehead atoms. The second-order valence-corrected chi connectivity index (χ2v) is 11.5. The maximum Gasteiger partial charge on any atom is 0.417 e. The van der Waals surface area contributed by atoms with Gasteiger partial charge in [0.1, 0.15) is 10.4 Å². The SMILES string of the molecule is CCCC(F)(P)CCSc1cc(-c2c(C)nc3sc(C(C)(C)N=O)nn23)ccc1C(F)(F)F. The first-order valence-corrected chi connectivity index (χ1v) is 12.7. The number of halogens is 4. The van der Waals surface area contributed by atoms with Crippen LogP contribution in [-0.4, -0.2) is 25.8 Å². The van der Waals surface area contributed by atoms with Gasteiger partial charge in [-0.1, -0.05) is 45.2 Å². The Hall–Kier alpha value is -1.58. The number of thioether (sulfide) groups is 1. The molecule has 0 saturated carbocycles. The average Bonchev–Trinajstić information content (AvgIpc) is 3.24. The smallest absolute Gasteiger partial charge is 0.239 e. The molecule has 180 valence electrons. The normalized spacial score (nSPS) is 14.6. The van der Waals surface area contributed by atoms with E-state index in [1.807, 2.05) is 6.92 Å². The van der Waals surface area contributed by atoms with Crippen LogP contribution in [0.5, 0.6) is 0 Å². The van der Waals surface area contributed by atoms with E-state index in [1.165, 1.54) is 28.0 Å². The van der Waals surface area contributed by atoms with Gasteiger partial charge in [0.25, 0.3) is 0 Å². The molecule has 2 unspecified atom stereocenters. The molecule has 3 aromatic rings. The van der Waals surface area contributed by atoms with Crippen LogP contribution in [-0.2, 0) is 11.7 Å². The molecule has 0 N–H and O–H groups in total. The topological polar surface area (TPSA) is 59.6 Å². The summed E-state index contributed by atoms with van der Waals surface area (Å²) in [7, 11) is 2.17. The van der Waals surface area contributed by atoms with Crippen molar-refractivity contribution < 1.29 is 17.6 Å². The third-order valence-corrected chi connectivity index (χ3v) is 7.99. The molecule has 0 radical (unpaired) electrons. The molecule has 0 spiro atoms. The number of hydrogen-bond donors (Lipinski definition) is 0. The third kappa shape index (κ3) is 5.74. The third-order valence-electron chi connectivity index (χ3n) is 5.13. The fraction of sp³-hybridized carbons (Fsp3) is 0.524. The predicted octanol–water partition coefficient (Wildman–Crippen LogP) is 7.61. The molecule has 2 aromatic heterocycles. The molecule has 0 aliphatic rings. The van der Waals surface area contributed by atoms with E-state index in [2.05, 4.69) is 24.5 Å². The van der Waals surface area contributed by atoms with Gasteiger partial charge in [-0.05, 0) is 45.7 Å².